The fraction of sp³-hybridized carbons (Fsp3) is 0.0784. The quantitative estimate of drug-likeness (QED) is 0.198. The van der Waals surface area contributed by atoms with Crippen LogP contribution in [0.3, 0.4) is 0 Å². The molecule has 2 heterocycles. The summed E-state index contributed by atoms with van der Waals surface area (Å²) in [7, 11) is 0. The molecule has 0 saturated heterocycles. The van der Waals surface area contributed by atoms with Crippen LogP contribution >= 0.6 is 0 Å². The monoisotopic (exact) mass is 707 g/mol. The van der Waals surface area contributed by atoms with Crippen molar-refractivity contribution in [2.45, 2.75) is 25.3 Å². The van der Waals surface area contributed by atoms with E-state index >= 15 is 0 Å². The van der Waals surface area contributed by atoms with Crippen LogP contribution in [-0.2, 0) is 5.41 Å². The Morgan fingerprint density at radius 3 is 2.09 bits per heavy atom. The van der Waals surface area contributed by atoms with Crippen molar-refractivity contribution in [3.05, 3.63) is 198 Å². The number of benzene rings is 8. The maximum Gasteiger partial charge on any atom is 0.208 e. The minimum atomic E-state index is -0.286. The molecule has 0 radical (unpaired) electrons. The van der Waals surface area contributed by atoms with Crippen molar-refractivity contribution < 1.29 is 4.42 Å². The molecule has 1 aliphatic carbocycles. The maximum atomic E-state index is 6.75. The van der Waals surface area contributed by atoms with Gasteiger partial charge in [-0.2, -0.15) is 0 Å². The van der Waals surface area contributed by atoms with Crippen LogP contribution in [-0.4, -0.2) is 5.96 Å². The van der Waals surface area contributed by atoms with Crippen LogP contribution in [0.1, 0.15) is 42.1 Å². The van der Waals surface area contributed by atoms with Gasteiger partial charge in [0.25, 0.3) is 0 Å². The molecule has 1 N–H and O–H groups in total. The maximum absolute atomic E-state index is 6.75. The van der Waals surface area contributed by atoms with Crippen LogP contribution in [0.25, 0.3) is 55.0 Å². The minimum absolute atomic E-state index is 0.136. The van der Waals surface area contributed by atoms with Crippen molar-refractivity contribution in [2.75, 3.05) is 10.2 Å². The Hall–Kier alpha value is -6.91. The van der Waals surface area contributed by atoms with Gasteiger partial charge in [0.05, 0.1) is 0 Å². The highest BCUT2D eigenvalue weighted by Gasteiger charge is 2.36. The second-order valence-corrected chi connectivity index (χ2v) is 15.2. The molecule has 0 fully saturated rings. The summed E-state index contributed by atoms with van der Waals surface area (Å²) in [6, 6.07) is 62.7. The topological polar surface area (TPSA) is 40.8 Å². The van der Waals surface area contributed by atoms with Crippen molar-refractivity contribution in [1.29, 1.82) is 0 Å². The number of anilines is 3. The van der Waals surface area contributed by atoms with Crippen molar-refractivity contribution in [1.82, 2.24) is 0 Å². The van der Waals surface area contributed by atoms with Crippen molar-refractivity contribution in [3.63, 3.8) is 0 Å². The van der Waals surface area contributed by atoms with Gasteiger partial charge in [0.2, 0.25) is 5.96 Å². The van der Waals surface area contributed by atoms with Gasteiger partial charge in [0.15, 0.2) is 0 Å². The molecule has 0 spiro atoms. The number of aliphatic imine (C=N–C) groups is 1. The number of nitrogens with one attached hydrogen (secondary N) is 1. The summed E-state index contributed by atoms with van der Waals surface area (Å²) >= 11 is 0. The summed E-state index contributed by atoms with van der Waals surface area (Å²) in [6.07, 6.45) is 0. The number of hydrogen-bond acceptors (Lipinski definition) is 4. The summed E-state index contributed by atoms with van der Waals surface area (Å²) < 4.78 is 6.75. The highest BCUT2D eigenvalue weighted by Crippen LogP contribution is 2.50. The third-order valence-electron chi connectivity index (χ3n) is 11.7. The summed E-state index contributed by atoms with van der Waals surface area (Å²) in [5.41, 5.74) is 14.4. The Morgan fingerprint density at radius 1 is 0.564 bits per heavy atom. The van der Waals surface area contributed by atoms with Gasteiger partial charge in [-0.25, -0.2) is 4.99 Å². The van der Waals surface area contributed by atoms with E-state index in [-0.39, 0.29) is 11.5 Å². The van der Waals surface area contributed by atoms with Gasteiger partial charge in [-0.05, 0) is 98.8 Å². The molecule has 0 bridgehead atoms. The minimum Gasteiger partial charge on any atom is -0.455 e. The molecule has 55 heavy (non-hydrogen) atoms. The average Bonchev–Trinajstić information content (AvgIpc) is 3.70. The number of furan rings is 1. The lowest BCUT2D eigenvalue weighted by Crippen LogP contribution is -2.36. The van der Waals surface area contributed by atoms with Gasteiger partial charge >= 0.3 is 0 Å². The Labute approximate surface area is 320 Å². The molecule has 1 atom stereocenters. The number of nitrogens with zero attached hydrogens (tertiary/aromatic N) is 2. The van der Waals surface area contributed by atoms with Crippen LogP contribution in [0, 0.1) is 0 Å². The molecular formula is C51H37N3O. The van der Waals surface area contributed by atoms with E-state index in [1.807, 2.05) is 0 Å². The lowest BCUT2D eigenvalue weighted by atomic mass is 9.82. The van der Waals surface area contributed by atoms with Gasteiger partial charge in [-0.1, -0.05) is 135 Å². The van der Waals surface area contributed by atoms with E-state index in [1.54, 1.807) is 0 Å². The van der Waals surface area contributed by atoms with Crippen LogP contribution in [0.15, 0.2) is 185 Å². The first-order chi connectivity index (χ1) is 27.0. The van der Waals surface area contributed by atoms with Crippen LogP contribution in [0.5, 0.6) is 0 Å². The van der Waals surface area contributed by atoms with E-state index in [9.17, 15) is 0 Å². The number of guanidine groups is 1. The zero-order valence-corrected chi connectivity index (χ0v) is 30.6. The number of para-hydroxylation sites is 2. The molecule has 1 unspecified atom stereocenters. The van der Waals surface area contributed by atoms with E-state index < -0.39 is 0 Å². The Kier molecular flexibility index (Phi) is 6.93. The van der Waals surface area contributed by atoms with Crippen molar-refractivity contribution in [2.24, 2.45) is 4.99 Å². The molecule has 11 rings (SSSR count). The van der Waals surface area contributed by atoms with E-state index in [4.69, 9.17) is 9.41 Å². The molecular weight excluding hydrogens is 671 g/mol. The molecule has 9 aromatic rings. The SMILES string of the molecule is CC1(C)c2ccccc2-c2ccc(N(C3=NC(c4cc(-c5ccccc5)c5oc6cc7ccccc7cc6c5c4)c4ccccc4N3)c3ccccc3)cc21. The Morgan fingerprint density at radius 2 is 1.25 bits per heavy atom. The first-order valence-electron chi connectivity index (χ1n) is 19.0. The van der Waals surface area contributed by atoms with Gasteiger partial charge in [-0.3, -0.25) is 4.90 Å². The highest BCUT2D eigenvalue weighted by atomic mass is 16.3. The molecule has 1 aromatic heterocycles. The van der Waals surface area contributed by atoms with Crippen molar-refractivity contribution in [3.8, 4) is 22.3 Å². The van der Waals surface area contributed by atoms with E-state index in [2.05, 4.69) is 200 Å². The average molecular weight is 708 g/mol. The van der Waals surface area contributed by atoms with Gasteiger partial charge in [-0.15, -0.1) is 0 Å². The van der Waals surface area contributed by atoms with Gasteiger partial charge in [0.1, 0.15) is 17.2 Å². The zero-order chi connectivity index (χ0) is 36.7. The first kappa shape index (κ1) is 31.6. The molecule has 0 amide bonds. The molecule has 1 aliphatic heterocycles. The highest BCUT2D eigenvalue weighted by molar-refractivity contribution is 6.14. The number of hydrogen-bond donors (Lipinski definition) is 1. The number of fused-ring (bicyclic) bond motifs is 8. The second-order valence-electron chi connectivity index (χ2n) is 15.2. The Bertz CT molecular complexity index is 3000. The fourth-order valence-corrected chi connectivity index (χ4v) is 8.94. The second kappa shape index (κ2) is 12.1. The molecule has 4 heteroatoms. The molecule has 0 saturated carbocycles. The normalized spacial score (nSPS) is 15.3. The van der Waals surface area contributed by atoms with Crippen LogP contribution in [0.2, 0.25) is 0 Å². The fourth-order valence-electron chi connectivity index (χ4n) is 8.94. The molecule has 8 aromatic carbocycles. The first-order valence-corrected chi connectivity index (χ1v) is 19.0. The lowest BCUT2D eigenvalue weighted by molar-refractivity contribution is 0.660. The van der Waals surface area contributed by atoms with Gasteiger partial charge in [0, 0.05) is 44.4 Å². The predicted octanol–water partition coefficient (Wildman–Crippen LogP) is 13.4. The van der Waals surface area contributed by atoms with Crippen LogP contribution < -0.4 is 10.2 Å². The molecule has 262 valence electrons. The van der Waals surface area contributed by atoms with E-state index in [0.717, 1.165) is 72.6 Å². The van der Waals surface area contributed by atoms with Gasteiger partial charge < -0.3 is 9.73 Å². The van der Waals surface area contributed by atoms with Crippen molar-refractivity contribution >= 4 is 55.7 Å². The largest absolute Gasteiger partial charge is 0.455 e. The third-order valence-corrected chi connectivity index (χ3v) is 11.7. The molecule has 4 nitrogen and oxygen atoms in total. The van der Waals surface area contributed by atoms with E-state index in [1.165, 1.54) is 27.6 Å². The standard InChI is InChI=1S/C51H37N3O/c1-51(2)44-23-13-11-21-38(44)39-26-25-37(31-45(39)51)54(36-19-7-4-8-20-36)50-52-46-24-14-12-22-40(46)48(53-50)35-28-41(32-15-5-3-6-16-32)49-43(29-35)42-27-33-17-9-10-18-34(33)30-47(42)55-49/h3-31,48H,1-2H3,(H,52,53). The lowest BCUT2D eigenvalue weighted by Gasteiger charge is -2.33. The Balaban J connectivity index is 1.13. The predicted molar refractivity (Wildman–Crippen MR) is 229 cm³/mol. The zero-order valence-electron chi connectivity index (χ0n) is 30.6. The number of rotatable bonds is 4. The summed E-state index contributed by atoms with van der Waals surface area (Å²) in [6.45, 7) is 4.67. The molecule has 2 aliphatic rings. The smallest absolute Gasteiger partial charge is 0.208 e. The third kappa shape index (κ3) is 4.95. The summed E-state index contributed by atoms with van der Waals surface area (Å²) in [5.74, 6) is 0.771. The summed E-state index contributed by atoms with van der Waals surface area (Å²) in [4.78, 5) is 7.95. The summed E-state index contributed by atoms with van der Waals surface area (Å²) in [5, 5.41) is 8.33. The van der Waals surface area contributed by atoms with Crippen LogP contribution in [0.4, 0.5) is 17.1 Å². The van der Waals surface area contributed by atoms with E-state index in [0.29, 0.717) is 0 Å².